The largest absolute Gasteiger partial charge is 0.354 e. The van der Waals surface area contributed by atoms with Gasteiger partial charge in [-0.1, -0.05) is 72.8 Å². The summed E-state index contributed by atoms with van der Waals surface area (Å²) in [5.74, 6) is -0.790. The summed E-state index contributed by atoms with van der Waals surface area (Å²) in [6, 6.07) is 25.3. The number of carbonyl (C=O) groups is 2. The molecule has 4 rings (SSSR count). The molecule has 0 aliphatic heterocycles. The Morgan fingerprint density at radius 1 is 0.794 bits per heavy atom. The number of halogens is 1. The number of nitrogens with zero attached hydrogens (tertiary/aromatic N) is 2. The van der Waals surface area contributed by atoms with Crippen LogP contribution in [0, 0.1) is 5.82 Å². The van der Waals surface area contributed by atoms with Gasteiger partial charge in [-0.05, 0) is 23.3 Å². The van der Waals surface area contributed by atoms with Gasteiger partial charge in [0.25, 0.3) is 5.91 Å². The molecule has 0 saturated carbocycles. The lowest BCUT2D eigenvalue weighted by molar-refractivity contribution is -0.120. The number of hydrogen-bond donors (Lipinski definition) is 2. The first-order chi connectivity index (χ1) is 16.6. The van der Waals surface area contributed by atoms with E-state index in [1.54, 1.807) is 23.0 Å². The molecule has 0 fully saturated rings. The minimum absolute atomic E-state index is 0.151. The number of aromatic nitrogens is 2. The van der Waals surface area contributed by atoms with Crippen LogP contribution in [0.25, 0.3) is 11.3 Å². The Labute approximate surface area is 197 Å². The van der Waals surface area contributed by atoms with Crippen LogP contribution in [0.5, 0.6) is 0 Å². The Balaban J connectivity index is 1.37. The van der Waals surface area contributed by atoms with Crippen LogP contribution in [0.4, 0.5) is 4.39 Å². The third-order valence-electron chi connectivity index (χ3n) is 5.25. The molecule has 34 heavy (non-hydrogen) atoms. The highest BCUT2D eigenvalue weighted by Crippen LogP contribution is 2.22. The van der Waals surface area contributed by atoms with E-state index in [1.807, 2.05) is 60.7 Å². The van der Waals surface area contributed by atoms with Crippen molar-refractivity contribution < 1.29 is 14.0 Å². The molecule has 1 heterocycles. The molecule has 0 aliphatic carbocycles. The maximum atomic E-state index is 13.0. The van der Waals surface area contributed by atoms with Crippen molar-refractivity contribution in [1.29, 1.82) is 0 Å². The van der Waals surface area contributed by atoms with Crippen LogP contribution in [0.15, 0.2) is 91.1 Å². The summed E-state index contributed by atoms with van der Waals surface area (Å²) in [6.07, 6.45) is 1.90. The smallest absolute Gasteiger partial charge is 0.255 e. The number of amides is 2. The molecule has 0 spiro atoms. The van der Waals surface area contributed by atoms with Gasteiger partial charge in [0.15, 0.2) is 0 Å². The van der Waals surface area contributed by atoms with Gasteiger partial charge in [0.05, 0.1) is 18.5 Å². The van der Waals surface area contributed by atoms with E-state index in [4.69, 9.17) is 0 Å². The average molecular weight is 457 g/mol. The molecule has 0 aliphatic rings. The lowest BCUT2D eigenvalue weighted by Crippen LogP contribution is -2.35. The lowest BCUT2D eigenvalue weighted by Gasteiger charge is -2.07. The van der Waals surface area contributed by atoms with Gasteiger partial charge >= 0.3 is 0 Å². The van der Waals surface area contributed by atoms with E-state index in [1.165, 1.54) is 12.1 Å². The van der Waals surface area contributed by atoms with E-state index in [0.717, 1.165) is 16.7 Å². The molecule has 7 heteroatoms. The standard InChI is InChI=1S/C27H25FN4O2/c28-23-13-11-20(12-14-23)17-25(33)29-15-16-30-27(34)24-19-32(18-21-7-3-1-4-8-21)31-26(24)22-9-5-2-6-10-22/h1-14,19H,15-18H2,(H,29,33)(H,30,34). The zero-order valence-electron chi connectivity index (χ0n) is 18.6. The van der Waals surface area contributed by atoms with Crippen molar-refractivity contribution in [1.82, 2.24) is 20.4 Å². The second-order valence-corrected chi connectivity index (χ2v) is 7.85. The molecule has 172 valence electrons. The predicted molar refractivity (Wildman–Crippen MR) is 129 cm³/mol. The van der Waals surface area contributed by atoms with E-state index in [-0.39, 0.29) is 37.1 Å². The van der Waals surface area contributed by atoms with Crippen molar-refractivity contribution in [3.8, 4) is 11.3 Å². The highest BCUT2D eigenvalue weighted by molar-refractivity contribution is 5.99. The van der Waals surface area contributed by atoms with E-state index < -0.39 is 0 Å². The van der Waals surface area contributed by atoms with Gasteiger partial charge < -0.3 is 10.6 Å². The van der Waals surface area contributed by atoms with Gasteiger partial charge in [0, 0.05) is 24.8 Å². The molecule has 1 aromatic heterocycles. The summed E-state index contributed by atoms with van der Waals surface area (Å²) in [5.41, 5.74) is 3.74. The quantitative estimate of drug-likeness (QED) is 0.376. The van der Waals surface area contributed by atoms with Gasteiger partial charge in [0.1, 0.15) is 11.5 Å². The Morgan fingerprint density at radius 3 is 2.15 bits per heavy atom. The summed E-state index contributed by atoms with van der Waals surface area (Å²) in [6.45, 7) is 1.10. The summed E-state index contributed by atoms with van der Waals surface area (Å²) < 4.78 is 14.7. The van der Waals surface area contributed by atoms with Gasteiger partial charge in [-0.3, -0.25) is 14.3 Å². The van der Waals surface area contributed by atoms with Crippen molar-refractivity contribution in [2.45, 2.75) is 13.0 Å². The normalized spacial score (nSPS) is 10.6. The van der Waals surface area contributed by atoms with Crippen molar-refractivity contribution in [3.05, 3.63) is 114 Å². The van der Waals surface area contributed by atoms with Crippen molar-refractivity contribution in [3.63, 3.8) is 0 Å². The summed E-state index contributed by atoms with van der Waals surface area (Å²) >= 11 is 0. The number of nitrogens with one attached hydrogen (secondary N) is 2. The van der Waals surface area contributed by atoms with Gasteiger partial charge in [0.2, 0.25) is 5.91 Å². The minimum Gasteiger partial charge on any atom is -0.354 e. The topological polar surface area (TPSA) is 76.0 Å². The second kappa shape index (κ2) is 11.0. The molecule has 0 bridgehead atoms. The van der Waals surface area contributed by atoms with E-state index in [0.29, 0.717) is 17.8 Å². The highest BCUT2D eigenvalue weighted by atomic mass is 19.1. The van der Waals surface area contributed by atoms with E-state index in [9.17, 15) is 14.0 Å². The number of hydrogen-bond acceptors (Lipinski definition) is 3. The second-order valence-electron chi connectivity index (χ2n) is 7.85. The average Bonchev–Trinajstić information content (AvgIpc) is 3.28. The third-order valence-corrected chi connectivity index (χ3v) is 5.25. The van der Waals surface area contributed by atoms with Gasteiger partial charge in [-0.25, -0.2) is 4.39 Å². The fourth-order valence-electron chi connectivity index (χ4n) is 3.57. The van der Waals surface area contributed by atoms with Crippen LogP contribution >= 0.6 is 0 Å². The third kappa shape index (κ3) is 6.16. The monoisotopic (exact) mass is 456 g/mol. The fraction of sp³-hybridized carbons (Fsp3) is 0.148. The molecule has 3 aromatic carbocycles. The molecule has 6 nitrogen and oxygen atoms in total. The Bertz CT molecular complexity index is 1240. The Morgan fingerprint density at radius 2 is 1.44 bits per heavy atom. The first kappa shape index (κ1) is 22.9. The van der Waals surface area contributed by atoms with Crippen molar-refractivity contribution in [2.24, 2.45) is 0 Å². The molecule has 2 amide bonds. The van der Waals surface area contributed by atoms with Crippen LogP contribution < -0.4 is 10.6 Å². The highest BCUT2D eigenvalue weighted by Gasteiger charge is 2.18. The summed E-state index contributed by atoms with van der Waals surface area (Å²) in [7, 11) is 0. The van der Waals surface area contributed by atoms with Gasteiger partial charge in [-0.15, -0.1) is 0 Å². The van der Waals surface area contributed by atoms with E-state index in [2.05, 4.69) is 15.7 Å². The molecule has 4 aromatic rings. The number of carbonyl (C=O) groups excluding carboxylic acids is 2. The minimum atomic E-state index is -0.339. The van der Waals surface area contributed by atoms with Crippen LogP contribution in [0.1, 0.15) is 21.5 Å². The molecular formula is C27H25FN4O2. The van der Waals surface area contributed by atoms with Crippen LogP contribution in [-0.2, 0) is 17.8 Å². The maximum Gasteiger partial charge on any atom is 0.255 e. The molecular weight excluding hydrogens is 431 g/mol. The Kier molecular flexibility index (Phi) is 7.45. The first-order valence-corrected chi connectivity index (χ1v) is 11.0. The van der Waals surface area contributed by atoms with Crippen LogP contribution in [-0.4, -0.2) is 34.7 Å². The molecule has 0 atom stereocenters. The molecule has 0 unspecified atom stereocenters. The lowest BCUT2D eigenvalue weighted by atomic mass is 10.1. The number of rotatable bonds is 9. The first-order valence-electron chi connectivity index (χ1n) is 11.0. The molecule has 0 radical (unpaired) electrons. The summed E-state index contributed by atoms with van der Waals surface area (Å²) in [4.78, 5) is 25.1. The van der Waals surface area contributed by atoms with Crippen LogP contribution in [0.2, 0.25) is 0 Å². The predicted octanol–water partition coefficient (Wildman–Crippen LogP) is 3.83. The van der Waals surface area contributed by atoms with Crippen molar-refractivity contribution in [2.75, 3.05) is 13.1 Å². The zero-order valence-corrected chi connectivity index (χ0v) is 18.6. The molecule has 0 saturated heterocycles. The SMILES string of the molecule is O=C(Cc1ccc(F)cc1)NCCNC(=O)c1cn(Cc2ccccc2)nc1-c1ccccc1. The Hall–Kier alpha value is -4.26. The van der Waals surface area contributed by atoms with Crippen molar-refractivity contribution >= 4 is 11.8 Å². The fourth-order valence-corrected chi connectivity index (χ4v) is 3.57. The van der Waals surface area contributed by atoms with E-state index >= 15 is 0 Å². The molecule has 2 N–H and O–H groups in total. The van der Waals surface area contributed by atoms with Crippen LogP contribution in [0.3, 0.4) is 0 Å². The number of benzene rings is 3. The zero-order chi connectivity index (χ0) is 23.8. The summed E-state index contributed by atoms with van der Waals surface area (Å²) in [5, 5.41) is 10.3. The van der Waals surface area contributed by atoms with Gasteiger partial charge in [-0.2, -0.15) is 5.10 Å². The maximum absolute atomic E-state index is 13.0.